The number of likely N-dealkylation sites (tertiary alicyclic amines) is 1. The van der Waals surface area contributed by atoms with E-state index in [9.17, 15) is 9.59 Å². The minimum Gasteiger partial charge on any atom is -0.494 e. The maximum Gasteiger partial charge on any atom is 0.306 e. The van der Waals surface area contributed by atoms with Crippen molar-refractivity contribution in [3.63, 3.8) is 0 Å². The molecule has 0 unspecified atom stereocenters. The number of carboxylic acid groups (broad SMARTS) is 1. The van der Waals surface area contributed by atoms with Crippen molar-refractivity contribution in [3.05, 3.63) is 29.8 Å². The van der Waals surface area contributed by atoms with Gasteiger partial charge in [0.05, 0.1) is 12.5 Å². The van der Waals surface area contributed by atoms with E-state index in [0.717, 1.165) is 12.2 Å². The predicted octanol–water partition coefficient (Wildman–Crippen LogP) is 3.97. The minimum absolute atomic E-state index is 0.0324. The van der Waals surface area contributed by atoms with Gasteiger partial charge in [-0.15, -0.1) is 0 Å². The molecular weight excluding hydrogens is 318 g/mol. The maximum atomic E-state index is 12.5. The molecular formula is C20H29NO4. The lowest BCUT2D eigenvalue weighted by Gasteiger charge is -2.30. The Morgan fingerprint density at radius 3 is 2.32 bits per heavy atom. The topological polar surface area (TPSA) is 66.8 Å². The van der Waals surface area contributed by atoms with E-state index in [1.54, 1.807) is 17.0 Å². The lowest BCUT2D eigenvalue weighted by atomic mass is 9.96. The monoisotopic (exact) mass is 347 g/mol. The Labute approximate surface area is 150 Å². The van der Waals surface area contributed by atoms with E-state index in [4.69, 9.17) is 9.84 Å². The zero-order valence-electron chi connectivity index (χ0n) is 15.1. The third kappa shape index (κ3) is 6.07. The third-order valence-electron chi connectivity index (χ3n) is 4.75. The van der Waals surface area contributed by atoms with Crippen LogP contribution in [0.15, 0.2) is 24.3 Å². The average molecular weight is 347 g/mol. The van der Waals surface area contributed by atoms with Gasteiger partial charge in [0.2, 0.25) is 0 Å². The number of carbonyl (C=O) groups is 2. The SMILES string of the molecule is CCCCCCCOc1ccc(C(=O)N2CCC(C(=O)O)CC2)cc1. The number of amides is 1. The molecule has 5 nitrogen and oxygen atoms in total. The molecule has 1 aromatic rings. The smallest absolute Gasteiger partial charge is 0.306 e. The number of ether oxygens (including phenoxy) is 1. The summed E-state index contributed by atoms with van der Waals surface area (Å²) >= 11 is 0. The van der Waals surface area contributed by atoms with E-state index in [1.807, 2.05) is 12.1 Å². The standard InChI is InChI=1S/C20H29NO4/c1-2-3-4-5-6-15-25-18-9-7-16(8-10-18)19(22)21-13-11-17(12-14-21)20(23)24/h7-10,17H,2-6,11-15H2,1H3,(H,23,24). The number of unbranched alkanes of at least 4 members (excludes halogenated alkanes) is 4. The molecule has 0 aromatic heterocycles. The van der Waals surface area contributed by atoms with Crippen LogP contribution < -0.4 is 4.74 Å². The van der Waals surface area contributed by atoms with Gasteiger partial charge in [-0.3, -0.25) is 9.59 Å². The van der Waals surface area contributed by atoms with E-state index >= 15 is 0 Å². The summed E-state index contributed by atoms with van der Waals surface area (Å²) in [6, 6.07) is 7.25. The summed E-state index contributed by atoms with van der Waals surface area (Å²) in [5.74, 6) is -0.327. The number of hydrogen-bond donors (Lipinski definition) is 1. The summed E-state index contributed by atoms with van der Waals surface area (Å²) in [5, 5.41) is 9.02. The summed E-state index contributed by atoms with van der Waals surface area (Å²) in [7, 11) is 0. The predicted molar refractivity (Wildman–Crippen MR) is 97.0 cm³/mol. The maximum absolute atomic E-state index is 12.5. The Morgan fingerprint density at radius 1 is 1.08 bits per heavy atom. The molecule has 0 aliphatic carbocycles. The Morgan fingerprint density at radius 2 is 1.72 bits per heavy atom. The van der Waals surface area contributed by atoms with Gasteiger partial charge in [0.25, 0.3) is 5.91 Å². The van der Waals surface area contributed by atoms with Crippen molar-refractivity contribution in [1.82, 2.24) is 4.90 Å². The molecule has 0 atom stereocenters. The number of piperidine rings is 1. The fourth-order valence-electron chi connectivity index (χ4n) is 3.10. The Kier molecular flexibility index (Phi) is 7.76. The average Bonchev–Trinajstić information content (AvgIpc) is 2.64. The first kappa shape index (κ1) is 19.3. The van der Waals surface area contributed by atoms with Gasteiger partial charge in [-0.1, -0.05) is 32.6 Å². The number of benzene rings is 1. The molecule has 138 valence electrons. The van der Waals surface area contributed by atoms with Crippen LogP contribution in [0.3, 0.4) is 0 Å². The van der Waals surface area contributed by atoms with Crippen molar-refractivity contribution in [3.8, 4) is 5.75 Å². The van der Waals surface area contributed by atoms with E-state index in [-0.39, 0.29) is 11.8 Å². The second-order valence-corrected chi connectivity index (χ2v) is 6.69. The molecule has 0 spiro atoms. The first-order valence-corrected chi connectivity index (χ1v) is 9.36. The van der Waals surface area contributed by atoms with Crippen molar-refractivity contribution in [2.45, 2.75) is 51.9 Å². The fourth-order valence-corrected chi connectivity index (χ4v) is 3.10. The first-order valence-electron chi connectivity index (χ1n) is 9.36. The fraction of sp³-hybridized carbons (Fsp3) is 0.600. The lowest BCUT2D eigenvalue weighted by Crippen LogP contribution is -2.40. The Hall–Kier alpha value is -2.04. The van der Waals surface area contributed by atoms with Crippen LogP contribution in [0.1, 0.15) is 62.2 Å². The van der Waals surface area contributed by atoms with Gasteiger partial charge in [0, 0.05) is 18.7 Å². The number of hydrogen-bond acceptors (Lipinski definition) is 3. The molecule has 0 radical (unpaired) electrons. The van der Waals surface area contributed by atoms with Crippen LogP contribution >= 0.6 is 0 Å². The van der Waals surface area contributed by atoms with E-state index in [1.165, 1.54) is 25.7 Å². The van der Waals surface area contributed by atoms with Gasteiger partial charge in [0.15, 0.2) is 0 Å². The van der Waals surface area contributed by atoms with Crippen LogP contribution in [0, 0.1) is 5.92 Å². The Bertz CT molecular complexity index is 547. The molecule has 1 amide bonds. The van der Waals surface area contributed by atoms with E-state index < -0.39 is 5.97 Å². The van der Waals surface area contributed by atoms with Crippen molar-refractivity contribution in [2.75, 3.05) is 19.7 Å². The number of nitrogens with zero attached hydrogens (tertiary/aromatic N) is 1. The molecule has 0 saturated carbocycles. The van der Waals surface area contributed by atoms with Crippen LogP contribution in [0.5, 0.6) is 5.75 Å². The normalized spacial score (nSPS) is 15.2. The van der Waals surface area contributed by atoms with Gasteiger partial charge in [0.1, 0.15) is 5.75 Å². The highest BCUT2D eigenvalue weighted by molar-refractivity contribution is 5.94. The van der Waals surface area contributed by atoms with E-state index in [2.05, 4.69) is 6.92 Å². The largest absolute Gasteiger partial charge is 0.494 e. The number of carboxylic acids is 1. The Balaban J connectivity index is 1.75. The second kappa shape index (κ2) is 10.1. The highest BCUT2D eigenvalue weighted by atomic mass is 16.5. The number of rotatable bonds is 9. The van der Waals surface area contributed by atoms with E-state index in [0.29, 0.717) is 38.1 Å². The van der Waals surface area contributed by atoms with Gasteiger partial charge >= 0.3 is 5.97 Å². The summed E-state index contributed by atoms with van der Waals surface area (Å²) in [4.78, 5) is 25.2. The summed E-state index contributed by atoms with van der Waals surface area (Å²) in [5.41, 5.74) is 0.629. The molecule has 1 aliphatic heterocycles. The van der Waals surface area contributed by atoms with Crippen LogP contribution in [-0.2, 0) is 4.79 Å². The second-order valence-electron chi connectivity index (χ2n) is 6.69. The summed E-state index contributed by atoms with van der Waals surface area (Å²) in [6.45, 7) is 3.92. The van der Waals surface area contributed by atoms with Crippen molar-refractivity contribution >= 4 is 11.9 Å². The van der Waals surface area contributed by atoms with Crippen LogP contribution in [0.25, 0.3) is 0 Å². The highest BCUT2D eigenvalue weighted by Gasteiger charge is 2.27. The quantitative estimate of drug-likeness (QED) is 0.686. The molecule has 1 saturated heterocycles. The van der Waals surface area contributed by atoms with Crippen LogP contribution in [0.4, 0.5) is 0 Å². The number of aliphatic carboxylic acids is 1. The van der Waals surface area contributed by atoms with Crippen LogP contribution in [-0.4, -0.2) is 41.6 Å². The van der Waals surface area contributed by atoms with Gasteiger partial charge in [-0.25, -0.2) is 0 Å². The zero-order valence-corrected chi connectivity index (χ0v) is 15.1. The molecule has 1 aliphatic rings. The summed E-state index contributed by atoms with van der Waals surface area (Å²) < 4.78 is 5.72. The molecule has 2 rings (SSSR count). The van der Waals surface area contributed by atoms with Crippen molar-refractivity contribution in [1.29, 1.82) is 0 Å². The zero-order chi connectivity index (χ0) is 18.1. The number of carbonyl (C=O) groups excluding carboxylic acids is 1. The van der Waals surface area contributed by atoms with Gasteiger partial charge in [-0.2, -0.15) is 0 Å². The highest BCUT2D eigenvalue weighted by Crippen LogP contribution is 2.20. The third-order valence-corrected chi connectivity index (χ3v) is 4.75. The molecule has 1 N–H and O–H groups in total. The molecule has 1 aromatic carbocycles. The molecule has 0 bridgehead atoms. The molecule has 25 heavy (non-hydrogen) atoms. The lowest BCUT2D eigenvalue weighted by molar-refractivity contribution is -0.143. The molecule has 1 heterocycles. The first-order chi connectivity index (χ1) is 12.1. The summed E-state index contributed by atoms with van der Waals surface area (Å²) in [6.07, 6.45) is 7.08. The molecule has 5 heteroatoms. The van der Waals surface area contributed by atoms with Crippen LogP contribution in [0.2, 0.25) is 0 Å². The molecule has 1 fully saturated rings. The minimum atomic E-state index is -0.761. The van der Waals surface area contributed by atoms with Gasteiger partial charge in [-0.05, 0) is 43.5 Å². The van der Waals surface area contributed by atoms with Crippen molar-refractivity contribution in [2.24, 2.45) is 5.92 Å². The van der Waals surface area contributed by atoms with Crippen molar-refractivity contribution < 1.29 is 19.4 Å². The van der Waals surface area contributed by atoms with Gasteiger partial charge < -0.3 is 14.7 Å².